The van der Waals surface area contributed by atoms with Crippen molar-refractivity contribution in [3.8, 4) is 12.1 Å². The van der Waals surface area contributed by atoms with E-state index in [1.807, 2.05) is 83.9 Å². The van der Waals surface area contributed by atoms with E-state index in [2.05, 4.69) is 34.7 Å². The second-order valence-electron chi connectivity index (χ2n) is 8.06. The minimum atomic E-state index is -1.43. The van der Waals surface area contributed by atoms with Crippen LogP contribution in [-0.2, 0) is 0 Å². The van der Waals surface area contributed by atoms with Crippen LogP contribution in [0.1, 0.15) is 39.0 Å². The van der Waals surface area contributed by atoms with Crippen LogP contribution >= 0.6 is 22.6 Å². The molecule has 0 radical (unpaired) electrons. The lowest BCUT2D eigenvalue weighted by molar-refractivity contribution is 0.0874. The van der Waals surface area contributed by atoms with Gasteiger partial charge in [0.25, 0.3) is 0 Å². The number of nitriles is 2. The summed E-state index contributed by atoms with van der Waals surface area (Å²) in [6, 6.07) is 28.2. The Morgan fingerprint density at radius 1 is 0.875 bits per heavy atom. The molecule has 2 aliphatic rings. The Morgan fingerprint density at radius 2 is 1.50 bits per heavy atom. The Kier molecular flexibility index (Phi) is 5.07. The van der Waals surface area contributed by atoms with E-state index in [0.29, 0.717) is 5.56 Å². The summed E-state index contributed by atoms with van der Waals surface area (Å²) in [5, 5.41) is 21.1. The molecular weight excluding hydrogens is 509 g/mol. The zero-order chi connectivity index (χ0) is 22.3. The third kappa shape index (κ3) is 2.89. The Bertz CT molecular complexity index is 1300. The van der Waals surface area contributed by atoms with Crippen molar-refractivity contribution < 1.29 is 4.79 Å². The van der Waals surface area contributed by atoms with Crippen molar-refractivity contribution in [3.63, 3.8) is 0 Å². The molecule has 0 saturated carbocycles. The Morgan fingerprint density at radius 3 is 2.19 bits per heavy atom. The van der Waals surface area contributed by atoms with Gasteiger partial charge >= 0.3 is 0 Å². The summed E-state index contributed by atoms with van der Waals surface area (Å²) < 4.78 is 0.938. The van der Waals surface area contributed by atoms with Crippen LogP contribution in [0.5, 0.6) is 0 Å². The molecule has 2 heterocycles. The lowest BCUT2D eigenvalue weighted by atomic mass is 9.67. The monoisotopic (exact) mass is 527 g/mol. The Balaban J connectivity index is 1.80. The number of nitrogens with zero attached hydrogens (tertiary/aromatic N) is 3. The molecular formula is C27H18IN3O. The smallest absolute Gasteiger partial charge is 0.185 e. The van der Waals surface area contributed by atoms with Crippen molar-refractivity contribution in [1.82, 2.24) is 4.90 Å². The van der Waals surface area contributed by atoms with Crippen molar-refractivity contribution in [2.75, 3.05) is 0 Å². The first-order chi connectivity index (χ1) is 15.6. The van der Waals surface area contributed by atoms with E-state index in [0.717, 1.165) is 20.3 Å². The first kappa shape index (κ1) is 20.5. The van der Waals surface area contributed by atoms with Gasteiger partial charge in [-0.1, -0.05) is 72.8 Å². The van der Waals surface area contributed by atoms with Crippen LogP contribution in [0.2, 0.25) is 0 Å². The van der Waals surface area contributed by atoms with E-state index < -0.39 is 23.4 Å². The highest BCUT2D eigenvalue weighted by Crippen LogP contribution is 2.60. The molecule has 0 aliphatic carbocycles. The van der Waals surface area contributed by atoms with Gasteiger partial charge < -0.3 is 4.90 Å². The molecule has 3 aromatic rings. The second-order valence-corrected chi connectivity index (χ2v) is 9.22. The molecule has 5 rings (SSSR count). The summed E-state index contributed by atoms with van der Waals surface area (Å²) in [6.45, 7) is 0. The molecule has 5 heteroatoms. The predicted octanol–water partition coefficient (Wildman–Crippen LogP) is 5.70. The average molecular weight is 527 g/mol. The molecule has 1 fully saturated rings. The fourth-order valence-corrected chi connectivity index (χ4v) is 5.86. The zero-order valence-electron chi connectivity index (χ0n) is 17.0. The lowest BCUT2D eigenvalue weighted by Gasteiger charge is -2.34. The highest BCUT2D eigenvalue weighted by Gasteiger charge is 2.64. The summed E-state index contributed by atoms with van der Waals surface area (Å²) in [7, 11) is 0. The highest BCUT2D eigenvalue weighted by atomic mass is 127. The molecule has 2 aliphatic heterocycles. The molecule has 1 saturated heterocycles. The van der Waals surface area contributed by atoms with Crippen molar-refractivity contribution in [1.29, 1.82) is 10.5 Å². The minimum absolute atomic E-state index is 0.0864. The van der Waals surface area contributed by atoms with Crippen LogP contribution in [0.15, 0.2) is 85.1 Å². The van der Waals surface area contributed by atoms with Gasteiger partial charge in [-0.15, -0.1) is 0 Å². The van der Waals surface area contributed by atoms with Crippen molar-refractivity contribution in [3.05, 3.63) is 111 Å². The van der Waals surface area contributed by atoms with Crippen molar-refractivity contribution in [2.24, 2.45) is 5.41 Å². The van der Waals surface area contributed by atoms with Crippen LogP contribution in [0.25, 0.3) is 6.08 Å². The number of rotatable bonds is 3. The molecule has 4 nitrogen and oxygen atoms in total. The zero-order valence-corrected chi connectivity index (χ0v) is 19.2. The number of fused-ring (bicyclic) bond motifs is 3. The van der Waals surface area contributed by atoms with E-state index in [4.69, 9.17) is 0 Å². The number of hydrogen-bond acceptors (Lipinski definition) is 4. The molecule has 0 spiro atoms. The van der Waals surface area contributed by atoms with Gasteiger partial charge in [0.1, 0.15) is 6.04 Å². The standard InChI is InChI=1S/C27H18IN3O/c28-22-13-7-6-12-21(22)23-24(25(32)19-9-2-1-3-10-19)31-15-14-18-8-4-5-11-20(18)26(31)27(23,16-29)17-30/h1-15,23-24,26H/t23-,24+,26+/m1/s1. The summed E-state index contributed by atoms with van der Waals surface area (Å²) in [5.74, 6) is -0.698. The third-order valence-corrected chi connectivity index (χ3v) is 7.49. The minimum Gasteiger partial charge on any atom is -0.357 e. The third-order valence-electron chi connectivity index (χ3n) is 6.51. The molecule has 0 bridgehead atoms. The Hall–Kier alpha value is -3.42. The first-order valence-corrected chi connectivity index (χ1v) is 11.4. The van der Waals surface area contributed by atoms with Gasteiger partial charge in [-0.3, -0.25) is 4.79 Å². The topological polar surface area (TPSA) is 67.9 Å². The van der Waals surface area contributed by atoms with Crippen LogP contribution in [0, 0.1) is 31.6 Å². The largest absolute Gasteiger partial charge is 0.357 e. The van der Waals surface area contributed by atoms with E-state index in [-0.39, 0.29) is 5.78 Å². The van der Waals surface area contributed by atoms with Crippen LogP contribution in [-0.4, -0.2) is 16.7 Å². The number of halogens is 1. The number of hydrogen-bond donors (Lipinski definition) is 0. The maximum atomic E-state index is 13.9. The summed E-state index contributed by atoms with van der Waals surface area (Å²) >= 11 is 2.23. The van der Waals surface area contributed by atoms with Gasteiger partial charge in [0.15, 0.2) is 11.2 Å². The summed E-state index contributed by atoms with van der Waals surface area (Å²) in [5.41, 5.74) is 1.87. The molecule has 3 atom stereocenters. The molecule has 0 amide bonds. The average Bonchev–Trinajstić information content (AvgIpc) is 3.15. The fraction of sp³-hybridized carbons (Fsp3) is 0.148. The van der Waals surface area contributed by atoms with E-state index in [1.165, 1.54) is 0 Å². The molecule has 154 valence electrons. The number of benzene rings is 3. The Labute approximate surface area is 200 Å². The number of carbonyl (C=O) groups is 1. The highest BCUT2D eigenvalue weighted by molar-refractivity contribution is 14.1. The van der Waals surface area contributed by atoms with E-state index in [9.17, 15) is 15.3 Å². The number of ketones is 1. The van der Waals surface area contributed by atoms with Gasteiger partial charge in [0.2, 0.25) is 0 Å². The number of Topliss-reactive ketones (excluding diaryl/α,β-unsaturated/α-hetero) is 1. The van der Waals surface area contributed by atoms with Gasteiger partial charge in [-0.25, -0.2) is 0 Å². The fourth-order valence-electron chi connectivity index (χ4n) is 5.14. The quantitative estimate of drug-likeness (QED) is 0.324. The molecule has 0 unspecified atom stereocenters. The molecule has 0 N–H and O–H groups in total. The predicted molar refractivity (Wildman–Crippen MR) is 130 cm³/mol. The van der Waals surface area contributed by atoms with Gasteiger partial charge in [-0.05, 0) is 51.4 Å². The van der Waals surface area contributed by atoms with Crippen LogP contribution < -0.4 is 0 Å². The van der Waals surface area contributed by atoms with Gasteiger partial charge in [-0.2, -0.15) is 10.5 Å². The normalized spacial score (nSPS) is 22.3. The summed E-state index contributed by atoms with van der Waals surface area (Å²) in [4.78, 5) is 15.9. The van der Waals surface area contributed by atoms with Crippen molar-refractivity contribution in [2.45, 2.75) is 18.0 Å². The van der Waals surface area contributed by atoms with Crippen molar-refractivity contribution >= 4 is 34.5 Å². The molecule has 0 aromatic heterocycles. The van der Waals surface area contributed by atoms with Crippen LogP contribution in [0.3, 0.4) is 0 Å². The summed E-state index contributed by atoms with van der Waals surface area (Å²) in [6.07, 6.45) is 3.85. The van der Waals surface area contributed by atoms with Crippen LogP contribution in [0.4, 0.5) is 0 Å². The molecule has 3 aromatic carbocycles. The maximum Gasteiger partial charge on any atom is 0.185 e. The van der Waals surface area contributed by atoms with E-state index in [1.54, 1.807) is 12.1 Å². The maximum absolute atomic E-state index is 13.9. The molecule has 32 heavy (non-hydrogen) atoms. The second kappa shape index (κ2) is 7.93. The SMILES string of the molecule is N#CC1(C#N)[C@H](c2ccccc2I)[C@@H](C(=O)c2ccccc2)N2C=Cc3ccccc3[C@H]21. The number of carbonyl (C=O) groups excluding carboxylic acids is 1. The lowest BCUT2D eigenvalue weighted by Crippen LogP contribution is -2.38. The van der Waals surface area contributed by atoms with E-state index >= 15 is 0 Å². The van der Waals surface area contributed by atoms with Gasteiger partial charge in [0.05, 0.1) is 18.2 Å². The van der Waals surface area contributed by atoms with Gasteiger partial charge in [0, 0.05) is 21.3 Å². The first-order valence-electron chi connectivity index (χ1n) is 10.3.